The smallest absolute Gasteiger partial charge is 0.227 e. The predicted molar refractivity (Wildman–Crippen MR) is 76.8 cm³/mol. The van der Waals surface area contributed by atoms with Crippen molar-refractivity contribution in [2.45, 2.75) is 25.8 Å². The summed E-state index contributed by atoms with van der Waals surface area (Å²) in [6.07, 6.45) is 1.88. The van der Waals surface area contributed by atoms with E-state index in [1.807, 2.05) is 0 Å². The minimum absolute atomic E-state index is 0.162. The van der Waals surface area contributed by atoms with Crippen molar-refractivity contribution in [2.24, 2.45) is 17.1 Å². The number of carbonyl (C=O) groups is 1. The minimum atomic E-state index is -0.279. The SMILES string of the molecule is CC1CC(CN)(C(=O)NCC2CN(C)CCN2C)C1. The lowest BCUT2D eigenvalue weighted by molar-refractivity contribution is -0.138. The molecule has 0 radical (unpaired) electrons. The lowest BCUT2D eigenvalue weighted by atomic mass is 9.62. The molecule has 0 aromatic heterocycles. The lowest BCUT2D eigenvalue weighted by Gasteiger charge is -2.45. The van der Waals surface area contributed by atoms with Crippen LogP contribution in [0.1, 0.15) is 19.8 Å². The van der Waals surface area contributed by atoms with Gasteiger partial charge in [-0.2, -0.15) is 0 Å². The molecule has 0 bridgehead atoms. The van der Waals surface area contributed by atoms with Gasteiger partial charge in [0.05, 0.1) is 5.41 Å². The maximum atomic E-state index is 12.3. The second-order valence-corrected chi connectivity index (χ2v) is 6.60. The molecule has 0 aromatic rings. The highest BCUT2D eigenvalue weighted by Crippen LogP contribution is 2.44. The number of hydrogen-bond acceptors (Lipinski definition) is 4. The Labute approximate surface area is 116 Å². The van der Waals surface area contributed by atoms with E-state index < -0.39 is 0 Å². The summed E-state index contributed by atoms with van der Waals surface area (Å²) in [5.74, 6) is 0.799. The highest BCUT2D eigenvalue weighted by Gasteiger charge is 2.47. The monoisotopic (exact) mass is 268 g/mol. The number of nitrogens with two attached hydrogens (primary N) is 1. The summed E-state index contributed by atoms with van der Waals surface area (Å²) in [6, 6.07) is 0.412. The van der Waals surface area contributed by atoms with Gasteiger partial charge in [-0.15, -0.1) is 0 Å². The summed E-state index contributed by atoms with van der Waals surface area (Å²) in [6.45, 7) is 6.58. The van der Waals surface area contributed by atoms with Gasteiger partial charge in [0.1, 0.15) is 0 Å². The molecule has 1 saturated heterocycles. The fraction of sp³-hybridized carbons (Fsp3) is 0.929. The summed E-state index contributed by atoms with van der Waals surface area (Å²) >= 11 is 0. The van der Waals surface area contributed by atoms with Crippen LogP contribution < -0.4 is 11.1 Å². The van der Waals surface area contributed by atoms with E-state index in [-0.39, 0.29) is 11.3 Å². The zero-order valence-electron chi connectivity index (χ0n) is 12.5. The highest BCUT2D eigenvalue weighted by atomic mass is 16.2. The van der Waals surface area contributed by atoms with Crippen LogP contribution in [-0.2, 0) is 4.79 Å². The van der Waals surface area contributed by atoms with E-state index in [4.69, 9.17) is 5.73 Å². The zero-order valence-corrected chi connectivity index (χ0v) is 12.5. The Kier molecular flexibility index (Phi) is 4.48. The Morgan fingerprint density at radius 3 is 2.63 bits per heavy atom. The van der Waals surface area contributed by atoms with Gasteiger partial charge in [0, 0.05) is 38.8 Å². The molecule has 110 valence electrons. The second-order valence-electron chi connectivity index (χ2n) is 6.60. The molecule has 1 aliphatic carbocycles. The van der Waals surface area contributed by atoms with Crippen LogP contribution in [0.15, 0.2) is 0 Å². The molecule has 3 N–H and O–H groups in total. The molecule has 1 saturated carbocycles. The van der Waals surface area contributed by atoms with Crippen molar-refractivity contribution >= 4 is 5.91 Å². The number of nitrogens with zero attached hydrogens (tertiary/aromatic N) is 2. The molecular formula is C14H28N4O. The van der Waals surface area contributed by atoms with E-state index in [1.54, 1.807) is 0 Å². The van der Waals surface area contributed by atoms with E-state index in [9.17, 15) is 4.79 Å². The van der Waals surface area contributed by atoms with Crippen molar-refractivity contribution in [3.05, 3.63) is 0 Å². The number of likely N-dealkylation sites (N-methyl/N-ethyl adjacent to an activating group) is 2. The molecule has 19 heavy (non-hydrogen) atoms. The van der Waals surface area contributed by atoms with Gasteiger partial charge in [0.15, 0.2) is 0 Å². The standard InChI is InChI=1S/C14H28N4O/c1-11-6-14(7-11,10-15)13(19)16-8-12-9-17(2)4-5-18(12)3/h11-12H,4-10,15H2,1-3H3,(H,16,19). The summed E-state index contributed by atoms with van der Waals surface area (Å²) in [5, 5.41) is 3.13. The summed E-state index contributed by atoms with van der Waals surface area (Å²) in [7, 11) is 4.27. The van der Waals surface area contributed by atoms with Gasteiger partial charge >= 0.3 is 0 Å². The van der Waals surface area contributed by atoms with Gasteiger partial charge in [0.2, 0.25) is 5.91 Å². The van der Waals surface area contributed by atoms with E-state index in [0.29, 0.717) is 18.5 Å². The normalized spacial score (nSPS) is 36.8. The van der Waals surface area contributed by atoms with Gasteiger partial charge in [0.25, 0.3) is 0 Å². The Balaban J connectivity index is 1.83. The molecule has 5 nitrogen and oxygen atoms in total. The second kappa shape index (κ2) is 5.77. The Morgan fingerprint density at radius 1 is 1.37 bits per heavy atom. The molecule has 2 rings (SSSR count). The van der Waals surface area contributed by atoms with E-state index >= 15 is 0 Å². The first-order valence-corrected chi connectivity index (χ1v) is 7.34. The number of nitrogens with one attached hydrogen (secondary N) is 1. The number of hydrogen-bond donors (Lipinski definition) is 2. The van der Waals surface area contributed by atoms with Crippen LogP contribution >= 0.6 is 0 Å². The highest BCUT2D eigenvalue weighted by molar-refractivity contribution is 5.84. The Bertz CT molecular complexity index is 327. The van der Waals surface area contributed by atoms with E-state index in [0.717, 1.165) is 39.0 Å². The molecule has 1 amide bonds. The van der Waals surface area contributed by atoms with Crippen LogP contribution in [0.3, 0.4) is 0 Å². The molecule has 1 unspecified atom stereocenters. The van der Waals surface area contributed by atoms with Crippen LogP contribution in [-0.4, -0.2) is 68.6 Å². The average Bonchev–Trinajstić information content (AvgIpc) is 2.35. The topological polar surface area (TPSA) is 61.6 Å². The average molecular weight is 268 g/mol. The third kappa shape index (κ3) is 3.09. The van der Waals surface area contributed by atoms with Crippen molar-refractivity contribution in [1.29, 1.82) is 0 Å². The Morgan fingerprint density at radius 2 is 2.05 bits per heavy atom. The lowest BCUT2D eigenvalue weighted by Crippen LogP contribution is -2.58. The molecule has 1 atom stereocenters. The first-order valence-electron chi connectivity index (χ1n) is 7.34. The number of amides is 1. The fourth-order valence-corrected chi connectivity index (χ4v) is 3.44. The molecule has 2 aliphatic rings. The first-order chi connectivity index (χ1) is 8.97. The van der Waals surface area contributed by atoms with E-state index in [2.05, 4.69) is 36.1 Å². The summed E-state index contributed by atoms with van der Waals surface area (Å²) in [5.41, 5.74) is 5.53. The van der Waals surface area contributed by atoms with Crippen LogP contribution in [0.5, 0.6) is 0 Å². The number of carbonyl (C=O) groups excluding carboxylic acids is 1. The summed E-state index contributed by atoms with van der Waals surface area (Å²) in [4.78, 5) is 17.0. The quantitative estimate of drug-likeness (QED) is 0.736. The van der Waals surface area contributed by atoms with Gasteiger partial charge in [-0.25, -0.2) is 0 Å². The predicted octanol–water partition coefficient (Wildman–Crippen LogP) is -0.277. The van der Waals surface area contributed by atoms with Crippen LogP contribution in [0, 0.1) is 11.3 Å². The minimum Gasteiger partial charge on any atom is -0.354 e. The van der Waals surface area contributed by atoms with Crippen molar-refractivity contribution in [3.63, 3.8) is 0 Å². The Hall–Kier alpha value is -0.650. The molecule has 0 aromatic carbocycles. The maximum absolute atomic E-state index is 12.3. The van der Waals surface area contributed by atoms with Crippen LogP contribution in [0.4, 0.5) is 0 Å². The molecule has 0 spiro atoms. The first kappa shape index (κ1) is 14.8. The molecule has 1 heterocycles. The van der Waals surface area contributed by atoms with Crippen LogP contribution in [0.25, 0.3) is 0 Å². The third-order valence-electron chi connectivity index (χ3n) is 4.83. The van der Waals surface area contributed by atoms with Crippen LogP contribution in [0.2, 0.25) is 0 Å². The van der Waals surface area contributed by atoms with Crippen molar-refractivity contribution < 1.29 is 4.79 Å². The van der Waals surface area contributed by atoms with Gasteiger partial charge in [-0.3, -0.25) is 9.69 Å². The fourth-order valence-electron chi connectivity index (χ4n) is 3.44. The zero-order chi connectivity index (χ0) is 14.0. The molecule has 1 aliphatic heterocycles. The van der Waals surface area contributed by atoms with Crippen molar-refractivity contribution in [2.75, 3.05) is 46.8 Å². The molecule has 5 heteroatoms. The van der Waals surface area contributed by atoms with Crippen molar-refractivity contribution in [3.8, 4) is 0 Å². The largest absolute Gasteiger partial charge is 0.354 e. The summed E-state index contributed by atoms with van der Waals surface area (Å²) < 4.78 is 0. The van der Waals surface area contributed by atoms with Gasteiger partial charge < -0.3 is 16.0 Å². The van der Waals surface area contributed by atoms with Gasteiger partial charge in [-0.1, -0.05) is 6.92 Å². The third-order valence-corrected chi connectivity index (χ3v) is 4.83. The maximum Gasteiger partial charge on any atom is 0.227 e. The number of rotatable bonds is 4. The molecule has 2 fully saturated rings. The van der Waals surface area contributed by atoms with E-state index in [1.165, 1.54) is 0 Å². The number of piperazine rings is 1. The van der Waals surface area contributed by atoms with Crippen molar-refractivity contribution in [1.82, 2.24) is 15.1 Å². The molecular weight excluding hydrogens is 240 g/mol. The van der Waals surface area contributed by atoms with Gasteiger partial charge in [-0.05, 0) is 32.9 Å².